The molecule has 0 bridgehead atoms. The Labute approximate surface area is 56.6 Å². The number of rotatable bonds is 0. The van der Waals surface area contributed by atoms with Crippen molar-refractivity contribution >= 4 is 13.0 Å². The molecule has 0 saturated heterocycles. The van der Waals surface area contributed by atoms with E-state index >= 15 is 0 Å². The zero-order valence-corrected chi connectivity index (χ0v) is 6.15. The third-order valence-electron chi connectivity index (χ3n) is 0. The van der Waals surface area contributed by atoms with Crippen LogP contribution in [0.2, 0.25) is 0 Å². The van der Waals surface area contributed by atoms with Crippen LogP contribution in [-0.4, -0.2) is 4.66 Å². The fourth-order valence-corrected chi connectivity index (χ4v) is 0. The average Bonchev–Trinajstić information content (AvgIpc) is 1.41. The summed E-state index contributed by atoms with van der Waals surface area (Å²) in [5.41, 5.74) is 0. The van der Waals surface area contributed by atoms with Gasteiger partial charge >= 0.3 is 32.0 Å². The smallest absolute Gasteiger partial charge is 0.282 e. The first-order valence-corrected chi connectivity index (χ1v) is 4.94. The molecule has 0 heterocycles. The summed E-state index contributed by atoms with van der Waals surface area (Å²) in [6.45, 7) is 0. The Morgan fingerprint density at radius 3 is 1.50 bits per heavy atom. The zero-order chi connectivity index (χ0) is 5.58. The molecule has 0 unspecified atom stereocenters. The van der Waals surface area contributed by atoms with Gasteiger partial charge in [0, 0.05) is 4.66 Å². The molecule has 0 radical (unpaired) electrons. The van der Waals surface area contributed by atoms with Crippen molar-refractivity contribution in [3.63, 3.8) is 0 Å². The monoisotopic (exact) mass is 270 g/mol. The van der Waals surface area contributed by atoms with Gasteiger partial charge in [0.25, 0.3) is 10.8 Å². The summed E-state index contributed by atoms with van der Waals surface area (Å²) < 4.78 is 24.0. The largest absolute Gasteiger partial charge is 0.321 e. The van der Waals surface area contributed by atoms with Crippen LogP contribution in [0.15, 0.2) is 0 Å². The van der Waals surface area contributed by atoms with Crippen LogP contribution in [0.1, 0.15) is 0 Å². The van der Waals surface area contributed by atoms with Crippen molar-refractivity contribution in [2.24, 2.45) is 0 Å². The summed E-state index contributed by atoms with van der Waals surface area (Å²) in [6, 6.07) is 0. The van der Waals surface area contributed by atoms with E-state index in [-0.39, 0.29) is 0 Å². The Kier molecular flexibility index (Phi) is 16.7. The van der Waals surface area contributed by atoms with Gasteiger partial charge in [0.05, 0.1) is 0 Å². The number of hydrogen-bond donors (Lipinski definition) is 1. The third kappa shape index (κ3) is 53.8. The van der Waals surface area contributed by atoms with Gasteiger partial charge in [0.15, 0.2) is 0 Å². The van der Waals surface area contributed by atoms with Gasteiger partial charge < -0.3 is 9.32 Å². The van der Waals surface area contributed by atoms with E-state index in [1.165, 1.54) is 0 Å². The maximum absolute atomic E-state index is 8.52. The van der Waals surface area contributed by atoms with E-state index in [4.69, 9.17) is 14.0 Å². The SMILES string of the molecule is [Br][Ag].[O-][Cl+2]([O-])O. The summed E-state index contributed by atoms with van der Waals surface area (Å²) in [4.78, 5) is 0. The molecule has 0 atom stereocenters. The topological polar surface area (TPSA) is 66.3 Å². The first kappa shape index (κ1) is 10.4. The number of hydrogen-bond acceptors (Lipinski definition) is 3. The Morgan fingerprint density at radius 2 is 1.50 bits per heavy atom. The van der Waals surface area contributed by atoms with E-state index in [1.807, 2.05) is 0 Å². The Morgan fingerprint density at radius 1 is 1.50 bits per heavy atom. The van der Waals surface area contributed by atoms with Crippen LogP contribution in [0.5, 0.6) is 0 Å². The molecule has 0 spiro atoms. The van der Waals surface area contributed by atoms with Gasteiger partial charge in [0.1, 0.15) is 0 Å². The average molecular weight is 272 g/mol. The van der Waals surface area contributed by atoms with Gasteiger partial charge in [-0.25, -0.2) is 0 Å². The van der Waals surface area contributed by atoms with Gasteiger partial charge in [-0.3, -0.25) is 0 Å². The molecule has 0 aromatic rings. The van der Waals surface area contributed by atoms with E-state index in [0.29, 0.717) is 0 Å². The van der Waals surface area contributed by atoms with Gasteiger partial charge in [-0.2, -0.15) is 0 Å². The fourth-order valence-electron chi connectivity index (χ4n) is 0. The standard InChI is InChI=1S/Ag.BrH.ClHO3/c;;2-1(3)4/h;1H;2H/q+1;;/p-1. The molecule has 0 aliphatic rings. The van der Waals surface area contributed by atoms with Crippen molar-refractivity contribution in [2.75, 3.05) is 0 Å². The molecule has 0 aromatic carbocycles. The summed E-state index contributed by atoms with van der Waals surface area (Å²) in [5.74, 6) is 0. The van der Waals surface area contributed by atoms with Crippen molar-refractivity contribution in [1.29, 1.82) is 0 Å². The molecule has 3 nitrogen and oxygen atoms in total. The van der Waals surface area contributed by atoms with Crippen molar-refractivity contribution in [3.05, 3.63) is 0 Å². The van der Waals surface area contributed by atoms with Gasteiger partial charge in [-0.1, -0.05) is 0 Å². The fraction of sp³-hybridized carbons (Fsp3) is 0. The minimum Gasteiger partial charge on any atom is -0.321 e. The van der Waals surface area contributed by atoms with Gasteiger partial charge in [-0.15, -0.1) is 0 Å². The maximum Gasteiger partial charge on any atom is 0.282 e. The quantitative estimate of drug-likeness (QED) is 0.514. The first-order chi connectivity index (χ1) is 2.73. The van der Waals surface area contributed by atoms with Crippen molar-refractivity contribution in [1.82, 2.24) is 0 Å². The van der Waals surface area contributed by atoms with Crippen molar-refractivity contribution < 1.29 is 43.7 Å². The minimum absolute atomic E-state index is 2.60. The van der Waals surface area contributed by atoms with Crippen LogP contribution < -0.4 is 9.32 Å². The molecular formula is HAgBrClO3. The second kappa shape index (κ2) is 9.63. The van der Waals surface area contributed by atoms with Crippen LogP contribution in [0.25, 0.3) is 0 Å². The second-order valence-electron chi connectivity index (χ2n) is 0.201. The predicted molar refractivity (Wildman–Crippen MR) is 11.1 cm³/mol. The molecule has 1 N–H and O–H groups in total. The predicted octanol–water partition coefficient (Wildman–Crippen LogP) is -2.09. The Hall–Kier alpha value is 1.39. The van der Waals surface area contributed by atoms with Crippen LogP contribution in [0, 0.1) is 10.8 Å². The molecule has 0 aliphatic carbocycles. The molecule has 0 amide bonds. The van der Waals surface area contributed by atoms with Crippen LogP contribution in [0.4, 0.5) is 0 Å². The van der Waals surface area contributed by atoms with E-state index in [1.54, 1.807) is 0 Å². The molecule has 0 saturated carbocycles. The van der Waals surface area contributed by atoms with Crippen LogP contribution in [-0.2, 0) is 18.9 Å². The van der Waals surface area contributed by atoms with Crippen molar-refractivity contribution in [2.45, 2.75) is 0 Å². The Balaban J connectivity index is 0. The minimum atomic E-state index is -2.60. The second-order valence-corrected chi connectivity index (χ2v) is 0.603. The van der Waals surface area contributed by atoms with E-state index in [0.717, 1.165) is 0 Å². The first-order valence-electron chi connectivity index (χ1n) is 0.592. The normalized spacial score (nSPS) is 7.17. The maximum atomic E-state index is 8.52. The summed E-state index contributed by atoms with van der Waals surface area (Å²) in [7, 11) is -2.60. The molecule has 6 heavy (non-hydrogen) atoms. The van der Waals surface area contributed by atoms with E-state index in [9.17, 15) is 0 Å². The molecular weight excluding hydrogens is 271 g/mol. The summed E-state index contributed by atoms with van der Waals surface area (Å²) in [5, 5.41) is 0. The molecule has 0 fully saturated rings. The van der Waals surface area contributed by atoms with Crippen LogP contribution in [0.3, 0.4) is 0 Å². The van der Waals surface area contributed by atoms with Crippen LogP contribution >= 0.6 is 13.0 Å². The van der Waals surface area contributed by atoms with Crippen molar-refractivity contribution in [3.8, 4) is 0 Å². The van der Waals surface area contributed by atoms with E-state index in [2.05, 4.69) is 32.0 Å². The molecule has 0 aromatic heterocycles. The zero-order valence-electron chi connectivity index (χ0n) is 2.32. The molecule has 0 aliphatic heterocycles. The summed E-state index contributed by atoms with van der Waals surface area (Å²) in [6.07, 6.45) is 0. The van der Waals surface area contributed by atoms with E-state index < -0.39 is 10.8 Å². The number of halogens is 2. The molecule has 0 rings (SSSR count). The Bertz CT molecular complexity index is 15.5. The molecule has 6 heteroatoms. The molecule has 44 valence electrons. The van der Waals surface area contributed by atoms with Gasteiger partial charge in [-0.05, 0) is 0 Å². The third-order valence-corrected chi connectivity index (χ3v) is 0. The van der Waals surface area contributed by atoms with Gasteiger partial charge in [0.2, 0.25) is 0 Å². The summed E-state index contributed by atoms with van der Waals surface area (Å²) >= 11 is 5.51.